The number of nitrogens with one attached hydrogen (secondary N) is 1. The highest BCUT2D eigenvalue weighted by Crippen LogP contribution is 2.46. The van der Waals surface area contributed by atoms with Crippen molar-refractivity contribution in [1.29, 1.82) is 0 Å². The van der Waals surface area contributed by atoms with Crippen LogP contribution in [0.25, 0.3) is 11.1 Å². The lowest BCUT2D eigenvalue weighted by Crippen LogP contribution is -2.46. The first-order valence-electron chi connectivity index (χ1n) is 13.5. The summed E-state index contributed by atoms with van der Waals surface area (Å²) in [7, 11) is 0. The Morgan fingerprint density at radius 3 is 2.46 bits per heavy atom. The van der Waals surface area contributed by atoms with E-state index in [1.54, 1.807) is 0 Å². The van der Waals surface area contributed by atoms with Gasteiger partial charge < -0.3 is 30.2 Å². The number of aliphatic hydroxyl groups is 2. The van der Waals surface area contributed by atoms with E-state index in [1.807, 2.05) is 6.20 Å². The maximum absolute atomic E-state index is 11.8. The lowest BCUT2D eigenvalue weighted by Gasteiger charge is -2.44. The molecule has 1 saturated heterocycles. The molecule has 3 fully saturated rings. The summed E-state index contributed by atoms with van der Waals surface area (Å²) < 4.78 is 0. The standard InChI is InChI=1S/C27H38N6O2/c1-2-31-11-13-32(14-12-31)20-7-10-22-23(15-20)26(35)33(19-5-8-21(34)9-6-19)25-24(22)17-29-27(30-25)28-16-18-3-4-18/h7,10,15,17-19,21,26,34-35H,2-6,8-9,11-14,16H2,1H3,(H,28,29,30). The molecule has 6 rings (SSSR count). The zero-order valence-electron chi connectivity index (χ0n) is 20.7. The number of aromatic nitrogens is 2. The Morgan fingerprint density at radius 1 is 0.971 bits per heavy atom. The van der Waals surface area contributed by atoms with E-state index in [0.717, 1.165) is 93.4 Å². The monoisotopic (exact) mass is 478 g/mol. The molecular weight excluding hydrogens is 440 g/mol. The second-order valence-corrected chi connectivity index (χ2v) is 10.7. The highest BCUT2D eigenvalue weighted by atomic mass is 16.3. The van der Waals surface area contributed by atoms with Crippen molar-refractivity contribution < 1.29 is 10.2 Å². The van der Waals surface area contributed by atoms with Gasteiger partial charge in [-0.05, 0) is 68.7 Å². The van der Waals surface area contributed by atoms with Crippen LogP contribution < -0.4 is 15.1 Å². The van der Waals surface area contributed by atoms with Crippen molar-refractivity contribution in [2.24, 2.45) is 5.92 Å². The first-order chi connectivity index (χ1) is 17.1. The van der Waals surface area contributed by atoms with Gasteiger partial charge in [0.25, 0.3) is 0 Å². The van der Waals surface area contributed by atoms with E-state index in [-0.39, 0.29) is 12.1 Å². The van der Waals surface area contributed by atoms with Crippen molar-refractivity contribution in [2.45, 2.75) is 63.8 Å². The van der Waals surface area contributed by atoms with Crippen LogP contribution in [0.15, 0.2) is 24.4 Å². The Labute approximate surface area is 208 Å². The minimum absolute atomic E-state index is 0.142. The summed E-state index contributed by atoms with van der Waals surface area (Å²) in [6.45, 7) is 8.36. The second-order valence-electron chi connectivity index (χ2n) is 10.7. The first kappa shape index (κ1) is 23.0. The van der Waals surface area contributed by atoms with Crippen LogP contribution >= 0.6 is 0 Å². The molecule has 3 N–H and O–H groups in total. The van der Waals surface area contributed by atoms with Gasteiger partial charge in [0.2, 0.25) is 5.95 Å². The van der Waals surface area contributed by atoms with Gasteiger partial charge >= 0.3 is 0 Å². The van der Waals surface area contributed by atoms with E-state index >= 15 is 0 Å². The number of fused-ring (bicyclic) bond motifs is 3. The van der Waals surface area contributed by atoms with Crippen LogP contribution in [0.1, 0.15) is 57.2 Å². The molecule has 8 nitrogen and oxygen atoms in total. The zero-order valence-corrected chi connectivity index (χ0v) is 20.7. The smallest absolute Gasteiger partial charge is 0.224 e. The molecule has 2 aliphatic heterocycles. The van der Waals surface area contributed by atoms with Crippen LogP contribution in [0.4, 0.5) is 17.5 Å². The third kappa shape index (κ3) is 4.59. The molecule has 1 atom stereocenters. The van der Waals surface area contributed by atoms with Crippen molar-refractivity contribution in [3.63, 3.8) is 0 Å². The summed E-state index contributed by atoms with van der Waals surface area (Å²) in [6, 6.07) is 6.64. The number of hydrogen-bond donors (Lipinski definition) is 3. The zero-order chi connectivity index (χ0) is 23.9. The molecule has 0 spiro atoms. The fourth-order valence-electron chi connectivity index (χ4n) is 5.91. The number of likely N-dealkylation sites (N-methyl/N-ethyl adjacent to an activating group) is 1. The molecule has 188 valence electrons. The maximum atomic E-state index is 11.8. The van der Waals surface area contributed by atoms with Crippen molar-refractivity contribution in [1.82, 2.24) is 14.9 Å². The normalized spacial score (nSPS) is 26.9. The summed E-state index contributed by atoms with van der Waals surface area (Å²) in [4.78, 5) is 16.6. The summed E-state index contributed by atoms with van der Waals surface area (Å²) in [5.74, 6) is 2.18. The largest absolute Gasteiger partial charge is 0.393 e. The second kappa shape index (κ2) is 9.56. The molecule has 0 amide bonds. The number of piperazine rings is 1. The molecule has 1 aromatic heterocycles. The number of hydrogen-bond acceptors (Lipinski definition) is 8. The topological polar surface area (TPSA) is 88.0 Å². The van der Waals surface area contributed by atoms with Crippen LogP contribution in [-0.4, -0.2) is 76.5 Å². The third-order valence-corrected chi connectivity index (χ3v) is 8.37. The molecule has 3 heterocycles. The summed E-state index contributed by atoms with van der Waals surface area (Å²) in [5.41, 5.74) is 4.10. The minimum atomic E-state index is -0.763. The molecular formula is C27H38N6O2. The SMILES string of the molecule is CCN1CCN(c2ccc3c(c2)C(O)N(C2CCC(O)CC2)c2nc(NCC4CC4)ncc2-3)CC1. The Hall–Kier alpha value is -2.42. The van der Waals surface area contributed by atoms with Gasteiger partial charge in [-0.1, -0.05) is 13.0 Å². The first-order valence-corrected chi connectivity index (χ1v) is 13.5. The summed E-state index contributed by atoms with van der Waals surface area (Å²) >= 11 is 0. The van der Waals surface area contributed by atoms with Crippen LogP contribution in [0.2, 0.25) is 0 Å². The number of rotatable bonds is 6. The molecule has 1 unspecified atom stereocenters. The van der Waals surface area contributed by atoms with Crippen LogP contribution in [0, 0.1) is 5.92 Å². The molecule has 2 aliphatic carbocycles. The predicted molar refractivity (Wildman–Crippen MR) is 139 cm³/mol. The van der Waals surface area contributed by atoms with Crippen LogP contribution in [0.5, 0.6) is 0 Å². The van der Waals surface area contributed by atoms with Gasteiger partial charge in [-0.15, -0.1) is 0 Å². The lowest BCUT2D eigenvalue weighted by molar-refractivity contribution is 0.101. The predicted octanol–water partition coefficient (Wildman–Crippen LogP) is 3.22. The van der Waals surface area contributed by atoms with Gasteiger partial charge in [-0.3, -0.25) is 0 Å². The van der Waals surface area contributed by atoms with Crippen molar-refractivity contribution >= 4 is 17.5 Å². The molecule has 4 aliphatic rings. The average molecular weight is 479 g/mol. The van der Waals surface area contributed by atoms with E-state index in [9.17, 15) is 10.2 Å². The van der Waals surface area contributed by atoms with Crippen molar-refractivity contribution in [3.8, 4) is 11.1 Å². The van der Waals surface area contributed by atoms with Crippen molar-refractivity contribution in [3.05, 3.63) is 30.0 Å². The van der Waals surface area contributed by atoms with E-state index in [0.29, 0.717) is 5.95 Å². The van der Waals surface area contributed by atoms with Crippen LogP contribution in [-0.2, 0) is 0 Å². The molecule has 1 aromatic carbocycles. The number of benzene rings is 1. The Kier molecular flexibility index (Phi) is 6.28. The Morgan fingerprint density at radius 2 is 1.74 bits per heavy atom. The molecule has 2 saturated carbocycles. The van der Waals surface area contributed by atoms with Gasteiger partial charge in [-0.25, -0.2) is 4.98 Å². The highest BCUT2D eigenvalue weighted by molar-refractivity contribution is 5.83. The van der Waals surface area contributed by atoms with Gasteiger partial charge in [-0.2, -0.15) is 4.98 Å². The third-order valence-electron chi connectivity index (χ3n) is 8.37. The average Bonchev–Trinajstić information content (AvgIpc) is 3.73. The molecule has 8 heteroatoms. The summed E-state index contributed by atoms with van der Waals surface area (Å²) in [6.07, 6.45) is 6.68. The maximum Gasteiger partial charge on any atom is 0.224 e. The van der Waals surface area contributed by atoms with E-state index in [4.69, 9.17) is 4.98 Å². The highest BCUT2D eigenvalue weighted by Gasteiger charge is 2.38. The molecule has 0 bridgehead atoms. The Balaban J connectivity index is 1.34. The summed E-state index contributed by atoms with van der Waals surface area (Å²) in [5, 5.41) is 25.3. The number of anilines is 3. The lowest BCUT2D eigenvalue weighted by atomic mass is 9.88. The molecule has 35 heavy (non-hydrogen) atoms. The van der Waals surface area contributed by atoms with Gasteiger partial charge in [0.15, 0.2) is 6.23 Å². The quantitative estimate of drug-likeness (QED) is 0.583. The number of aliphatic hydroxyl groups excluding tert-OH is 2. The minimum Gasteiger partial charge on any atom is -0.393 e. The van der Waals surface area contributed by atoms with Gasteiger partial charge in [0, 0.05) is 61.8 Å². The van der Waals surface area contributed by atoms with E-state index < -0.39 is 6.23 Å². The number of nitrogens with zero attached hydrogens (tertiary/aromatic N) is 5. The van der Waals surface area contributed by atoms with Crippen molar-refractivity contribution in [2.75, 3.05) is 54.4 Å². The molecule has 0 radical (unpaired) electrons. The molecule has 2 aromatic rings. The fourth-order valence-corrected chi connectivity index (χ4v) is 5.91. The van der Waals surface area contributed by atoms with Gasteiger partial charge in [0.1, 0.15) is 5.82 Å². The van der Waals surface area contributed by atoms with Crippen LogP contribution in [0.3, 0.4) is 0 Å². The van der Waals surface area contributed by atoms with Gasteiger partial charge in [0.05, 0.1) is 6.10 Å². The van der Waals surface area contributed by atoms with E-state index in [2.05, 4.69) is 50.1 Å². The Bertz CT molecular complexity index is 1040. The fraction of sp³-hybridized carbons (Fsp3) is 0.630. The van der Waals surface area contributed by atoms with E-state index in [1.165, 1.54) is 18.5 Å².